The average molecular weight is 264 g/mol. The molecule has 0 radical (unpaired) electrons. The maximum absolute atomic E-state index is 13.3. The number of rotatable bonds is 2. The van der Waals surface area contributed by atoms with Crippen LogP contribution in [0.1, 0.15) is 10.4 Å². The van der Waals surface area contributed by atoms with E-state index >= 15 is 0 Å². The molecule has 14 heavy (non-hydrogen) atoms. The largest absolute Gasteiger partial charge is 0.495 e. The quantitative estimate of drug-likeness (QED) is 0.800. The van der Waals surface area contributed by atoms with Crippen LogP contribution in [0.5, 0.6) is 5.75 Å². The molecule has 0 bridgehead atoms. The lowest BCUT2D eigenvalue weighted by Gasteiger charge is -2.09. The van der Waals surface area contributed by atoms with Crippen LogP contribution in [-0.4, -0.2) is 18.2 Å². The highest BCUT2D eigenvalue weighted by atomic mass is 79.9. The Morgan fingerprint density at radius 2 is 2.29 bits per heavy atom. The van der Waals surface area contributed by atoms with Crippen molar-refractivity contribution in [3.63, 3.8) is 0 Å². The smallest absolute Gasteiger partial charge is 0.342 e. The highest BCUT2D eigenvalue weighted by molar-refractivity contribution is 9.10. The summed E-state index contributed by atoms with van der Waals surface area (Å²) >= 11 is 3.03. The van der Waals surface area contributed by atoms with Crippen molar-refractivity contribution in [1.29, 1.82) is 0 Å². The van der Waals surface area contributed by atoms with E-state index in [-0.39, 0.29) is 11.4 Å². The number of carboxylic acids is 1. The van der Waals surface area contributed by atoms with E-state index in [4.69, 9.17) is 15.6 Å². The van der Waals surface area contributed by atoms with Crippen molar-refractivity contribution in [2.45, 2.75) is 0 Å². The maximum Gasteiger partial charge on any atom is 0.342 e. The maximum atomic E-state index is 13.3. The molecule has 1 rings (SSSR count). The summed E-state index contributed by atoms with van der Waals surface area (Å²) in [6.07, 6.45) is 0. The zero-order chi connectivity index (χ0) is 10.9. The zero-order valence-corrected chi connectivity index (χ0v) is 8.76. The van der Waals surface area contributed by atoms with Gasteiger partial charge in [0.2, 0.25) is 0 Å². The lowest BCUT2D eigenvalue weighted by Crippen LogP contribution is -2.07. The second-order valence-corrected chi connectivity index (χ2v) is 3.33. The number of nitrogens with two attached hydrogens (primary N) is 1. The molecule has 0 aliphatic rings. The summed E-state index contributed by atoms with van der Waals surface area (Å²) in [5.74, 6) is -2.49. The van der Waals surface area contributed by atoms with Crippen molar-refractivity contribution in [3.8, 4) is 5.75 Å². The van der Waals surface area contributed by atoms with Gasteiger partial charge in [-0.25, -0.2) is 9.18 Å². The summed E-state index contributed by atoms with van der Waals surface area (Å²) in [4.78, 5) is 10.7. The Labute approximate surface area is 87.6 Å². The molecular formula is C8H7BrFNO3. The monoisotopic (exact) mass is 263 g/mol. The number of carboxylic acid groups (broad SMARTS) is 1. The predicted molar refractivity (Wildman–Crippen MR) is 52.0 cm³/mol. The molecule has 0 heterocycles. The van der Waals surface area contributed by atoms with Gasteiger partial charge < -0.3 is 15.6 Å². The minimum Gasteiger partial charge on any atom is -0.495 e. The SMILES string of the molecule is COc1c(Br)cc(N)c(F)c1C(=O)O. The molecule has 0 spiro atoms. The van der Waals surface area contributed by atoms with Gasteiger partial charge in [0.05, 0.1) is 17.3 Å². The van der Waals surface area contributed by atoms with Crippen LogP contribution in [0.15, 0.2) is 10.5 Å². The summed E-state index contributed by atoms with van der Waals surface area (Å²) < 4.78 is 18.3. The van der Waals surface area contributed by atoms with Gasteiger partial charge in [-0.05, 0) is 22.0 Å². The molecular weight excluding hydrogens is 257 g/mol. The third kappa shape index (κ3) is 1.65. The lowest BCUT2D eigenvalue weighted by molar-refractivity contribution is 0.0688. The average Bonchev–Trinajstić information content (AvgIpc) is 2.10. The number of carbonyl (C=O) groups is 1. The molecule has 76 valence electrons. The van der Waals surface area contributed by atoms with E-state index in [9.17, 15) is 9.18 Å². The first kappa shape index (κ1) is 10.8. The van der Waals surface area contributed by atoms with Crippen molar-refractivity contribution in [2.24, 2.45) is 0 Å². The van der Waals surface area contributed by atoms with Crippen LogP contribution in [-0.2, 0) is 0 Å². The van der Waals surface area contributed by atoms with Crippen molar-refractivity contribution in [1.82, 2.24) is 0 Å². The van der Waals surface area contributed by atoms with E-state index in [2.05, 4.69) is 15.9 Å². The fourth-order valence-electron chi connectivity index (χ4n) is 1.02. The molecule has 0 aliphatic heterocycles. The van der Waals surface area contributed by atoms with Crippen molar-refractivity contribution < 1.29 is 19.0 Å². The number of ether oxygens (including phenoxy) is 1. The van der Waals surface area contributed by atoms with Crippen molar-refractivity contribution >= 4 is 27.6 Å². The van der Waals surface area contributed by atoms with Crippen LogP contribution in [0.4, 0.5) is 10.1 Å². The minimum absolute atomic E-state index is 0.0794. The Kier molecular flexibility index (Phi) is 2.95. The fourth-order valence-corrected chi connectivity index (χ4v) is 1.63. The second-order valence-electron chi connectivity index (χ2n) is 2.48. The van der Waals surface area contributed by atoms with Gasteiger partial charge in [-0.15, -0.1) is 0 Å². The fraction of sp³-hybridized carbons (Fsp3) is 0.125. The highest BCUT2D eigenvalue weighted by Crippen LogP contribution is 2.34. The van der Waals surface area contributed by atoms with Gasteiger partial charge >= 0.3 is 5.97 Å². The zero-order valence-electron chi connectivity index (χ0n) is 7.17. The van der Waals surface area contributed by atoms with Gasteiger partial charge in [0.1, 0.15) is 5.56 Å². The molecule has 0 atom stereocenters. The van der Waals surface area contributed by atoms with Crippen molar-refractivity contribution in [2.75, 3.05) is 12.8 Å². The van der Waals surface area contributed by atoms with Crippen LogP contribution in [0.2, 0.25) is 0 Å². The second kappa shape index (κ2) is 3.83. The van der Waals surface area contributed by atoms with Gasteiger partial charge in [0.25, 0.3) is 0 Å². The van der Waals surface area contributed by atoms with Crippen molar-refractivity contribution in [3.05, 3.63) is 21.9 Å². The molecule has 0 amide bonds. The molecule has 0 aromatic heterocycles. The Morgan fingerprint density at radius 3 is 2.71 bits per heavy atom. The first-order chi connectivity index (χ1) is 6.49. The highest BCUT2D eigenvalue weighted by Gasteiger charge is 2.22. The number of methoxy groups -OCH3 is 1. The van der Waals surface area contributed by atoms with Gasteiger partial charge in [0.15, 0.2) is 11.6 Å². The number of anilines is 1. The number of hydrogen-bond acceptors (Lipinski definition) is 3. The minimum atomic E-state index is -1.42. The summed E-state index contributed by atoms with van der Waals surface area (Å²) in [6, 6.07) is 1.25. The molecule has 0 fully saturated rings. The molecule has 3 N–H and O–H groups in total. The Morgan fingerprint density at radius 1 is 1.71 bits per heavy atom. The van der Waals surface area contributed by atoms with Crippen LogP contribution in [0.3, 0.4) is 0 Å². The van der Waals surface area contributed by atoms with E-state index in [1.54, 1.807) is 0 Å². The predicted octanol–water partition coefficient (Wildman–Crippen LogP) is 1.88. The molecule has 6 heteroatoms. The Hall–Kier alpha value is -1.30. The van der Waals surface area contributed by atoms with E-state index < -0.39 is 17.3 Å². The molecule has 0 aliphatic carbocycles. The molecule has 0 unspecified atom stereocenters. The molecule has 1 aromatic carbocycles. The molecule has 1 aromatic rings. The normalized spacial score (nSPS) is 9.93. The lowest BCUT2D eigenvalue weighted by atomic mass is 10.1. The van der Waals surface area contributed by atoms with E-state index in [0.29, 0.717) is 4.47 Å². The summed E-state index contributed by atoms with van der Waals surface area (Å²) in [6.45, 7) is 0. The van der Waals surface area contributed by atoms with Gasteiger partial charge in [-0.3, -0.25) is 0 Å². The first-order valence-electron chi connectivity index (χ1n) is 3.53. The summed E-state index contributed by atoms with van der Waals surface area (Å²) in [5.41, 5.74) is 4.45. The van der Waals surface area contributed by atoms with E-state index in [1.165, 1.54) is 13.2 Å². The van der Waals surface area contributed by atoms with Crippen LogP contribution < -0.4 is 10.5 Å². The number of benzene rings is 1. The standard InChI is InChI=1S/C8H7BrFNO3/c1-14-7-3(9)2-4(11)6(10)5(7)8(12)13/h2H,11H2,1H3,(H,12,13). The van der Waals surface area contributed by atoms with Gasteiger partial charge in [-0.2, -0.15) is 0 Å². The molecule has 0 saturated heterocycles. The van der Waals surface area contributed by atoms with Gasteiger partial charge in [0, 0.05) is 0 Å². The third-order valence-corrected chi connectivity index (χ3v) is 2.21. The molecule has 4 nitrogen and oxygen atoms in total. The number of nitrogen functional groups attached to an aromatic ring is 1. The van der Waals surface area contributed by atoms with E-state index in [1.807, 2.05) is 0 Å². The topological polar surface area (TPSA) is 72.5 Å². The number of aromatic carboxylic acids is 1. The summed E-state index contributed by atoms with van der Waals surface area (Å²) in [5, 5.41) is 8.73. The number of hydrogen-bond donors (Lipinski definition) is 2. The Bertz CT molecular complexity index is 395. The number of halogens is 2. The Balaban J connectivity index is 3.56. The summed E-state index contributed by atoms with van der Waals surface area (Å²) in [7, 11) is 1.25. The third-order valence-electron chi connectivity index (χ3n) is 1.62. The van der Waals surface area contributed by atoms with Crippen LogP contribution >= 0.6 is 15.9 Å². The van der Waals surface area contributed by atoms with Crippen LogP contribution in [0.25, 0.3) is 0 Å². The molecule has 0 saturated carbocycles. The first-order valence-corrected chi connectivity index (χ1v) is 4.33. The van der Waals surface area contributed by atoms with E-state index in [0.717, 1.165) is 0 Å². The van der Waals surface area contributed by atoms with Crippen LogP contribution in [0, 0.1) is 5.82 Å². The van der Waals surface area contributed by atoms with Gasteiger partial charge in [-0.1, -0.05) is 0 Å².